The molecular formula is C16H15FN4O. The number of para-hydroxylation sites is 1. The lowest BCUT2D eigenvalue weighted by Gasteiger charge is -2.07. The smallest absolute Gasteiger partial charge is 0.257 e. The van der Waals surface area contributed by atoms with E-state index in [0.29, 0.717) is 5.56 Å². The van der Waals surface area contributed by atoms with Crippen LogP contribution in [0.1, 0.15) is 30.2 Å². The first-order valence-electron chi connectivity index (χ1n) is 6.95. The molecule has 22 heavy (non-hydrogen) atoms. The number of carbonyl (C=O) groups is 1. The van der Waals surface area contributed by atoms with E-state index in [4.69, 9.17) is 0 Å². The van der Waals surface area contributed by atoms with Gasteiger partial charge in [-0.2, -0.15) is 5.10 Å². The molecule has 0 spiro atoms. The zero-order valence-corrected chi connectivity index (χ0v) is 12.2. The van der Waals surface area contributed by atoms with Gasteiger partial charge >= 0.3 is 0 Å². The van der Waals surface area contributed by atoms with Crippen molar-refractivity contribution in [3.05, 3.63) is 54.1 Å². The minimum absolute atomic E-state index is 0.144. The molecule has 0 atom stereocenters. The number of hydrogen-bond donors (Lipinski definition) is 1. The number of hydrogen-bond acceptors (Lipinski definition) is 3. The van der Waals surface area contributed by atoms with Crippen LogP contribution in [0.15, 0.2) is 42.7 Å². The van der Waals surface area contributed by atoms with Crippen LogP contribution in [0.25, 0.3) is 11.0 Å². The summed E-state index contributed by atoms with van der Waals surface area (Å²) in [6, 6.07) is 7.92. The number of nitrogens with zero attached hydrogens (tertiary/aromatic N) is 3. The Morgan fingerprint density at radius 3 is 2.77 bits per heavy atom. The minimum atomic E-state index is -0.475. The van der Waals surface area contributed by atoms with Crippen LogP contribution in [0.5, 0.6) is 0 Å². The predicted molar refractivity (Wildman–Crippen MR) is 82.3 cm³/mol. The van der Waals surface area contributed by atoms with Gasteiger partial charge in [-0.25, -0.2) is 14.1 Å². The van der Waals surface area contributed by atoms with Gasteiger partial charge in [0.1, 0.15) is 5.82 Å². The van der Waals surface area contributed by atoms with Crippen molar-refractivity contribution in [3.63, 3.8) is 0 Å². The SMILES string of the molecule is CC(C)n1ncc2cc(C(=O)Nc3ccccc3F)cnc21. The molecule has 6 heteroatoms. The summed E-state index contributed by atoms with van der Waals surface area (Å²) in [5.74, 6) is -0.880. The lowest BCUT2D eigenvalue weighted by atomic mass is 10.2. The Morgan fingerprint density at radius 1 is 1.27 bits per heavy atom. The molecule has 0 aliphatic heterocycles. The summed E-state index contributed by atoms with van der Waals surface area (Å²) in [5, 5.41) is 7.57. The maximum Gasteiger partial charge on any atom is 0.257 e. The van der Waals surface area contributed by atoms with E-state index in [1.165, 1.54) is 18.3 Å². The van der Waals surface area contributed by atoms with Crippen LogP contribution < -0.4 is 5.32 Å². The number of halogens is 1. The maximum atomic E-state index is 13.6. The first-order valence-corrected chi connectivity index (χ1v) is 6.95. The number of rotatable bonds is 3. The zero-order valence-electron chi connectivity index (χ0n) is 12.2. The number of fused-ring (bicyclic) bond motifs is 1. The Bertz CT molecular complexity index is 841. The monoisotopic (exact) mass is 298 g/mol. The number of anilines is 1. The summed E-state index contributed by atoms with van der Waals surface area (Å²) in [7, 11) is 0. The van der Waals surface area contributed by atoms with Crippen molar-refractivity contribution >= 4 is 22.6 Å². The third-order valence-corrected chi connectivity index (χ3v) is 3.31. The third-order valence-electron chi connectivity index (χ3n) is 3.31. The van der Waals surface area contributed by atoms with E-state index in [1.807, 2.05) is 13.8 Å². The molecule has 0 saturated heterocycles. The van der Waals surface area contributed by atoms with E-state index in [9.17, 15) is 9.18 Å². The second kappa shape index (κ2) is 5.55. The molecule has 1 aromatic carbocycles. The van der Waals surface area contributed by atoms with Crippen LogP contribution in [0.2, 0.25) is 0 Å². The van der Waals surface area contributed by atoms with Crippen molar-refractivity contribution in [2.45, 2.75) is 19.9 Å². The average molecular weight is 298 g/mol. The summed E-state index contributed by atoms with van der Waals surface area (Å²) >= 11 is 0. The summed E-state index contributed by atoms with van der Waals surface area (Å²) in [4.78, 5) is 16.5. The fraction of sp³-hybridized carbons (Fsp3) is 0.188. The van der Waals surface area contributed by atoms with Crippen molar-refractivity contribution in [1.29, 1.82) is 0 Å². The van der Waals surface area contributed by atoms with Crippen LogP contribution in [0, 0.1) is 5.82 Å². The Kier molecular flexibility index (Phi) is 3.58. The van der Waals surface area contributed by atoms with Gasteiger partial charge in [0, 0.05) is 17.6 Å². The minimum Gasteiger partial charge on any atom is -0.319 e. The van der Waals surface area contributed by atoms with Crippen molar-refractivity contribution < 1.29 is 9.18 Å². The van der Waals surface area contributed by atoms with Crippen LogP contribution in [-0.2, 0) is 0 Å². The lowest BCUT2D eigenvalue weighted by Crippen LogP contribution is -2.13. The molecule has 0 fully saturated rings. The van der Waals surface area contributed by atoms with Gasteiger partial charge in [-0.05, 0) is 32.0 Å². The van der Waals surface area contributed by atoms with Crippen LogP contribution >= 0.6 is 0 Å². The molecule has 3 rings (SSSR count). The van der Waals surface area contributed by atoms with Crippen molar-refractivity contribution in [1.82, 2.24) is 14.8 Å². The topological polar surface area (TPSA) is 59.8 Å². The van der Waals surface area contributed by atoms with E-state index in [0.717, 1.165) is 11.0 Å². The van der Waals surface area contributed by atoms with Gasteiger partial charge in [0.05, 0.1) is 17.4 Å². The highest BCUT2D eigenvalue weighted by molar-refractivity contribution is 6.05. The molecule has 0 aliphatic carbocycles. The van der Waals surface area contributed by atoms with Crippen molar-refractivity contribution in [2.24, 2.45) is 0 Å². The number of aromatic nitrogens is 3. The lowest BCUT2D eigenvalue weighted by molar-refractivity contribution is 0.102. The Morgan fingerprint density at radius 2 is 2.05 bits per heavy atom. The molecule has 0 unspecified atom stereocenters. The van der Waals surface area contributed by atoms with E-state index in [2.05, 4.69) is 15.4 Å². The summed E-state index contributed by atoms with van der Waals surface area (Å²) in [5.41, 5.74) is 1.22. The largest absolute Gasteiger partial charge is 0.319 e. The molecule has 1 N–H and O–H groups in total. The summed E-state index contributed by atoms with van der Waals surface area (Å²) < 4.78 is 15.4. The van der Waals surface area contributed by atoms with E-state index in [-0.39, 0.29) is 11.7 Å². The van der Waals surface area contributed by atoms with Crippen LogP contribution in [0.4, 0.5) is 10.1 Å². The van der Waals surface area contributed by atoms with E-state index in [1.54, 1.807) is 29.1 Å². The number of benzene rings is 1. The normalized spacial score (nSPS) is 11.1. The fourth-order valence-corrected chi connectivity index (χ4v) is 2.20. The highest BCUT2D eigenvalue weighted by atomic mass is 19.1. The molecule has 0 aliphatic rings. The Balaban J connectivity index is 1.90. The molecule has 0 saturated carbocycles. The molecular weight excluding hydrogens is 283 g/mol. The molecule has 112 valence electrons. The number of carbonyl (C=O) groups excluding carboxylic acids is 1. The Labute approximate surface area is 126 Å². The molecule has 2 heterocycles. The summed E-state index contributed by atoms with van der Waals surface area (Å²) in [6.45, 7) is 4.01. The molecule has 0 bridgehead atoms. The molecule has 5 nitrogen and oxygen atoms in total. The highest BCUT2D eigenvalue weighted by Crippen LogP contribution is 2.18. The quantitative estimate of drug-likeness (QED) is 0.806. The average Bonchev–Trinajstić information content (AvgIpc) is 2.92. The molecule has 0 radical (unpaired) electrons. The fourth-order valence-electron chi connectivity index (χ4n) is 2.20. The van der Waals surface area contributed by atoms with Crippen molar-refractivity contribution in [3.8, 4) is 0 Å². The van der Waals surface area contributed by atoms with Crippen LogP contribution in [0.3, 0.4) is 0 Å². The van der Waals surface area contributed by atoms with Gasteiger partial charge in [-0.15, -0.1) is 0 Å². The molecule has 2 aromatic heterocycles. The Hall–Kier alpha value is -2.76. The van der Waals surface area contributed by atoms with E-state index < -0.39 is 11.7 Å². The maximum absolute atomic E-state index is 13.6. The van der Waals surface area contributed by atoms with Gasteiger partial charge in [0.2, 0.25) is 0 Å². The molecule has 1 amide bonds. The summed E-state index contributed by atoms with van der Waals surface area (Å²) in [6.07, 6.45) is 3.14. The molecule has 3 aromatic rings. The van der Waals surface area contributed by atoms with Crippen LogP contribution in [-0.4, -0.2) is 20.7 Å². The standard InChI is InChI=1S/C16H15FN4O/c1-10(2)21-15-11(9-19-21)7-12(8-18-15)16(22)20-14-6-4-3-5-13(14)17/h3-10H,1-2H3,(H,20,22). The van der Waals surface area contributed by atoms with Gasteiger partial charge in [0.15, 0.2) is 5.65 Å². The predicted octanol–water partition coefficient (Wildman–Crippen LogP) is 3.40. The highest BCUT2D eigenvalue weighted by Gasteiger charge is 2.13. The number of pyridine rings is 1. The van der Waals surface area contributed by atoms with Gasteiger partial charge in [0.25, 0.3) is 5.91 Å². The zero-order chi connectivity index (χ0) is 15.7. The number of amides is 1. The van der Waals surface area contributed by atoms with Gasteiger partial charge in [-0.3, -0.25) is 4.79 Å². The van der Waals surface area contributed by atoms with Gasteiger partial charge < -0.3 is 5.32 Å². The first-order chi connectivity index (χ1) is 10.6. The second-order valence-corrected chi connectivity index (χ2v) is 5.25. The van der Waals surface area contributed by atoms with E-state index >= 15 is 0 Å². The first kappa shape index (κ1) is 14.2. The third kappa shape index (κ3) is 2.55. The van der Waals surface area contributed by atoms with Crippen molar-refractivity contribution in [2.75, 3.05) is 5.32 Å². The van der Waals surface area contributed by atoms with Gasteiger partial charge in [-0.1, -0.05) is 12.1 Å². The second-order valence-electron chi connectivity index (χ2n) is 5.25. The number of nitrogens with one attached hydrogen (secondary N) is 1.